The van der Waals surface area contributed by atoms with Crippen LogP contribution >= 0.6 is 11.8 Å². The number of carbonyl (C=O) groups is 1. The topological polar surface area (TPSA) is 107 Å². The van der Waals surface area contributed by atoms with Gasteiger partial charge in [-0.15, -0.1) is 11.8 Å². The number of primary amides is 1. The van der Waals surface area contributed by atoms with Crippen LogP contribution in [-0.2, 0) is 11.3 Å². The number of nitrogens with one attached hydrogen (secondary N) is 1. The molecule has 0 unspecified atom stereocenters. The first-order chi connectivity index (χ1) is 17.2. The van der Waals surface area contributed by atoms with Gasteiger partial charge in [-0.25, -0.2) is 9.97 Å². The molecule has 0 radical (unpaired) electrons. The summed E-state index contributed by atoms with van der Waals surface area (Å²) in [4.78, 5) is 30.6. The lowest BCUT2D eigenvalue weighted by atomic mass is 10.0. The molecular formula is C27H22N6OS. The number of hydrogen-bond acceptors (Lipinski definition) is 7. The Morgan fingerprint density at radius 3 is 2.57 bits per heavy atom. The lowest BCUT2D eigenvalue weighted by molar-refractivity contribution is -0.115. The zero-order chi connectivity index (χ0) is 24.0. The highest BCUT2D eigenvalue weighted by molar-refractivity contribution is 8.00. The number of anilines is 1. The van der Waals surface area contributed by atoms with Gasteiger partial charge in [0, 0.05) is 29.0 Å². The van der Waals surface area contributed by atoms with Crippen LogP contribution in [-0.4, -0.2) is 31.6 Å². The fraction of sp³-hybridized carbons (Fsp3) is 0.0741. The maximum atomic E-state index is 11.2. The van der Waals surface area contributed by atoms with E-state index in [1.54, 1.807) is 18.6 Å². The van der Waals surface area contributed by atoms with Crippen LogP contribution in [0.1, 0.15) is 5.69 Å². The minimum atomic E-state index is -0.378. The number of fused-ring (bicyclic) bond motifs is 1. The summed E-state index contributed by atoms with van der Waals surface area (Å²) in [7, 11) is 0. The average molecular weight is 479 g/mol. The molecule has 8 heteroatoms. The van der Waals surface area contributed by atoms with E-state index in [1.165, 1.54) is 11.8 Å². The Balaban J connectivity index is 1.61. The van der Waals surface area contributed by atoms with Gasteiger partial charge in [0.2, 0.25) is 5.91 Å². The van der Waals surface area contributed by atoms with Gasteiger partial charge in [-0.2, -0.15) is 0 Å². The van der Waals surface area contributed by atoms with E-state index in [1.807, 2.05) is 54.6 Å². The first-order valence-corrected chi connectivity index (χ1v) is 12.0. The number of nitrogens with two attached hydrogens (primary N) is 1. The van der Waals surface area contributed by atoms with Crippen molar-refractivity contribution < 1.29 is 4.79 Å². The molecule has 0 aliphatic rings. The van der Waals surface area contributed by atoms with Crippen molar-refractivity contribution in [3.05, 3.63) is 97.1 Å². The molecule has 0 aliphatic heterocycles. The fourth-order valence-corrected chi connectivity index (χ4v) is 4.40. The highest BCUT2D eigenvalue weighted by atomic mass is 32.2. The van der Waals surface area contributed by atoms with Crippen molar-refractivity contribution in [3.63, 3.8) is 0 Å². The van der Waals surface area contributed by atoms with E-state index in [9.17, 15) is 4.79 Å². The molecule has 5 rings (SSSR count). The molecule has 0 atom stereocenters. The average Bonchev–Trinajstić information content (AvgIpc) is 2.91. The Bertz CT molecular complexity index is 1480. The van der Waals surface area contributed by atoms with Gasteiger partial charge in [0.1, 0.15) is 5.82 Å². The number of benzene rings is 2. The SMILES string of the molecule is NC(=O)CSc1cncc(-c2nc(NCc3ccccn3)c3c(-c4ccccc4)cccc3n2)c1. The zero-order valence-corrected chi connectivity index (χ0v) is 19.6. The monoisotopic (exact) mass is 478 g/mol. The van der Waals surface area contributed by atoms with Crippen molar-refractivity contribution >= 4 is 34.4 Å². The molecule has 0 spiro atoms. The van der Waals surface area contributed by atoms with Crippen LogP contribution in [0.2, 0.25) is 0 Å². The molecule has 0 fully saturated rings. The zero-order valence-electron chi connectivity index (χ0n) is 18.8. The van der Waals surface area contributed by atoms with E-state index in [4.69, 9.17) is 15.7 Å². The second kappa shape index (κ2) is 10.3. The van der Waals surface area contributed by atoms with E-state index in [0.29, 0.717) is 18.2 Å². The van der Waals surface area contributed by atoms with Gasteiger partial charge in [-0.1, -0.05) is 48.5 Å². The van der Waals surface area contributed by atoms with Crippen molar-refractivity contribution in [2.24, 2.45) is 5.73 Å². The quantitative estimate of drug-likeness (QED) is 0.304. The number of carbonyl (C=O) groups excluding carboxylic acids is 1. The van der Waals surface area contributed by atoms with Gasteiger partial charge >= 0.3 is 0 Å². The van der Waals surface area contributed by atoms with Crippen LogP contribution in [0.25, 0.3) is 33.4 Å². The third-order valence-electron chi connectivity index (χ3n) is 5.32. The van der Waals surface area contributed by atoms with Crippen LogP contribution < -0.4 is 11.1 Å². The van der Waals surface area contributed by atoms with Crippen molar-refractivity contribution in [3.8, 4) is 22.5 Å². The van der Waals surface area contributed by atoms with Gasteiger partial charge in [-0.3, -0.25) is 14.8 Å². The van der Waals surface area contributed by atoms with Crippen LogP contribution in [0.5, 0.6) is 0 Å². The van der Waals surface area contributed by atoms with Gasteiger partial charge < -0.3 is 11.1 Å². The second-order valence-electron chi connectivity index (χ2n) is 7.80. The Labute approximate surface area is 206 Å². The highest BCUT2D eigenvalue weighted by Crippen LogP contribution is 2.34. The first-order valence-electron chi connectivity index (χ1n) is 11.0. The molecule has 3 heterocycles. The summed E-state index contributed by atoms with van der Waals surface area (Å²) in [6.07, 6.45) is 5.20. The standard InChI is InChI=1S/C27H22N6OS/c28-24(34)17-35-21-13-19(14-29-16-21)26-32-23-11-6-10-22(18-7-2-1-3-8-18)25(23)27(33-26)31-15-20-9-4-5-12-30-20/h1-14,16H,15,17H2,(H2,28,34)(H,31,32,33). The van der Waals surface area contributed by atoms with Crippen molar-refractivity contribution in [1.82, 2.24) is 19.9 Å². The molecule has 3 aromatic heterocycles. The summed E-state index contributed by atoms with van der Waals surface area (Å²) >= 11 is 1.34. The number of rotatable bonds is 8. The number of thioether (sulfide) groups is 1. The maximum Gasteiger partial charge on any atom is 0.227 e. The second-order valence-corrected chi connectivity index (χ2v) is 8.85. The molecule has 0 saturated heterocycles. The van der Waals surface area contributed by atoms with Crippen molar-refractivity contribution in [1.29, 1.82) is 0 Å². The maximum absolute atomic E-state index is 11.2. The Hall–Kier alpha value is -4.30. The molecular weight excluding hydrogens is 456 g/mol. The van der Waals surface area contributed by atoms with E-state index in [2.05, 4.69) is 33.5 Å². The summed E-state index contributed by atoms with van der Waals surface area (Å²) in [5, 5.41) is 4.41. The lowest BCUT2D eigenvalue weighted by Crippen LogP contribution is -2.12. The summed E-state index contributed by atoms with van der Waals surface area (Å²) in [5.41, 5.74) is 9.90. The molecule has 3 N–H and O–H groups in total. The predicted molar refractivity (Wildman–Crippen MR) is 140 cm³/mol. The summed E-state index contributed by atoms with van der Waals surface area (Å²) in [6, 6.07) is 24.0. The van der Waals surface area contributed by atoms with E-state index in [-0.39, 0.29) is 11.7 Å². The lowest BCUT2D eigenvalue weighted by Gasteiger charge is -2.14. The molecule has 2 aromatic carbocycles. The summed E-state index contributed by atoms with van der Waals surface area (Å²) < 4.78 is 0. The molecule has 1 amide bonds. The normalized spacial score (nSPS) is 10.9. The molecule has 0 aliphatic carbocycles. The van der Waals surface area contributed by atoms with Crippen LogP contribution in [0.15, 0.2) is 96.3 Å². The smallest absolute Gasteiger partial charge is 0.227 e. The van der Waals surface area contributed by atoms with Crippen LogP contribution in [0.3, 0.4) is 0 Å². The number of hydrogen-bond donors (Lipinski definition) is 2. The van der Waals surface area contributed by atoms with Crippen molar-refractivity contribution in [2.45, 2.75) is 11.4 Å². The van der Waals surface area contributed by atoms with Crippen LogP contribution in [0.4, 0.5) is 5.82 Å². The van der Waals surface area contributed by atoms with Gasteiger partial charge in [-0.05, 0) is 35.4 Å². The minimum absolute atomic E-state index is 0.182. The molecule has 172 valence electrons. The summed E-state index contributed by atoms with van der Waals surface area (Å²) in [6.45, 7) is 0.516. The number of pyridine rings is 2. The third kappa shape index (κ3) is 5.28. The number of amides is 1. The molecule has 0 saturated carbocycles. The van der Waals surface area contributed by atoms with Crippen molar-refractivity contribution in [2.75, 3.05) is 11.1 Å². The summed E-state index contributed by atoms with van der Waals surface area (Å²) in [5.74, 6) is 1.06. The Kier molecular flexibility index (Phi) is 6.63. The van der Waals surface area contributed by atoms with E-state index >= 15 is 0 Å². The van der Waals surface area contributed by atoms with Gasteiger partial charge in [0.05, 0.1) is 28.9 Å². The highest BCUT2D eigenvalue weighted by Gasteiger charge is 2.15. The fourth-order valence-electron chi connectivity index (χ4n) is 3.75. The Morgan fingerprint density at radius 1 is 0.914 bits per heavy atom. The number of nitrogens with zero attached hydrogens (tertiary/aromatic N) is 4. The Morgan fingerprint density at radius 2 is 1.77 bits per heavy atom. The first kappa shape index (κ1) is 22.5. The molecule has 0 bridgehead atoms. The molecule has 7 nitrogen and oxygen atoms in total. The van der Waals surface area contributed by atoms with E-state index < -0.39 is 0 Å². The van der Waals surface area contributed by atoms with Crippen LogP contribution in [0, 0.1) is 0 Å². The molecule has 35 heavy (non-hydrogen) atoms. The van der Waals surface area contributed by atoms with Gasteiger partial charge in [0.15, 0.2) is 5.82 Å². The predicted octanol–water partition coefficient (Wildman–Crippen LogP) is 4.94. The van der Waals surface area contributed by atoms with E-state index in [0.717, 1.165) is 38.2 Å². The third-order valence-corrected chi connectivity index (χ3v) is 6.31. The molecule has 5 aromatic rings. The number of aromatic nitrogens is 4. The minimum Gasteiger partial charge on any atom is -0.369 e. The van der Waals surface area contributed by atoms with Gasteiger partial charge in [0.25, 0.3) is 0 Å². The largest absolute Gasteiger partial charge is 0.369 e.